The van der Waals surface area contributed by atoms with Crippen LogP contribution in [0.25, 0.3) is 0 Å². The molecule has 1 aliphatic carbocycles. The summed E-state index contributed by atoms with van der Waals surface area (Å²) in [6, 6.07) is 4.23. The van der Waals surface area contributed by atoms with Crippen molar-refractivity contribution in [1.29, 1.82) is 0 Å². The van der Waals surface area contributed by atoms with E-state index in [2.05, 4.69) is 15.6 Å². The normalized spacial score (nSPS) is 16.0. The maximum Gasteiger partial charge on any atom is 0.350 e. The van der Waals surface area contributed by atoms with E-state index in [1.54, 1.807) is 13.2 Å². The Morgan fingerprint density at radius 1 is 1.45 bits per heavy atom. The summed E-state index contributed by atoms with van der Waals surface area (Å²) >= 11 is 1.38. The minimum absolute atomic E-state index is 0.0712. The van der Waals surface area contributed by atoms with Crippen LogP contribution >= 0.6 is 11.3 Å². The molecule has 0 amide bonds. The monoisotopic (exact) mass is 418 g/mol. The number of aromatic nitrogens is 1. The summed E-state index contributed by atoms with van der Waals surface area (Å²) in [4.78, 5) is 22.0. The fourth-order valence-corrected chi connectivity index (χ4v) is 4.35. The molecule has 1 fully saturated rings. The SMILES string of the molecule is CCOC(=O)c1sc(C(C)NC(=NCCc2ccco2)NC2CCCC2)nc1C. The van der Waals surface area contributed by atoms with E-state index in [-0.39, 0.29) is 12.0 Å². The largest absolute Gasteiger partial charge is 0.469 e. The number of esters is 1. The quantitative estimate of drug-likeness (QED) is 0.383. The first-order valence-corrected chi connectivity index (χ1v) is 11.1. The fourth-order valence-electron chi connectivity index (χ4n) is 3.38. The molecule has 7 nitrogen and oxygen atoms in total. The number of carbonyl (C=O) groups excluding carboxylic acids is 1. The van der Waals surface area contributed by atoms with Gasteiger partial charge in [0, 0.05) is 19.0 Å². The highest BCUT2D eigenvalue weighted by Crippen LogP contribution is 2.24. The smallest absolute Gasteiger partial charge is 0.350 e. The molecule has 0 aliphatic heterocycles. The van der Waals surface area contributed by atoms with Crippen LogP contribution in [0.1, 0.15) is 71.7 Å². The van der Waals surface area contributed by atoms with Crippen molar-refractivity contribution in [1.82, 2.24) is 15.6 Å². The molecule has 3 rings (SSSR count). The van der Waals surface area contributed by atoms with E-state index < -0.39 is 0 Å². The summed E-state index contributed by atoms with van der Waals surface area (Å²) in [5.41, 5.74) is 0.706. The highest BCUT2D eigenvalue weighted by atomic mass is 32.1. The van der Waals surface area contributed by atoms with Gasteiger partial charge in [0.15, 0.2) is 5.96 Å². The molecule has 1 aliphatic rings. The Morgan fingerprint density at radius 2 is 2.24 bits per heavy atom. The lowest BCUT2D eigenvalue weighted by Gasteiger charge is -2.20. The number of aryl methyl sites for hydroxylation is 1. The van der Waals surface area contributed by atoms with Gasteiger partial charge >= 0.3 is 5.97 Å². The molecule has 8 heteroatoms. The number of carbonyl (C=O) groups is 1. The molecule has 1 unspecified atom stereocenters. The van der Waals surface area contributed by atoms with Crippen LogP contribution in [0, 0.1) is 6.92 Å². The number of furan rings is 1. The van der Waals surface area contributed by atoms with E-state index in [0.29, 0.717) is 29.8 Å². The Kier molecular flexibility index (Phi) is 7.69. The van der Waals surface area contributed by atoms with Crippen molar-refractivity contribution in [2.75, 3.05) is 13.2 Å². The van der Waals surface area contributed by atoms with Gasteiger partial charge in [-0.05, 0) is 45.7 Å². The minimum atomic E-state index is -0.308. The lowest BCUT2D eigenvalue weighted by molar-refractivity contribution is 0.0531. The molecule has 29 heavy (non-hydrogen) atoms. The van der Waals surface area contributed by atoms with Gasteiger partial charge in [0.2, 0.25) is 0 Å². The van der Waals surface area contributed by atoms with Crippen LogP contribution in [0.3, 0.4) is 0 Å². The number of hydrogen-bond acceptors (Lipinski definition) is 6. The van der Waals surface area contributed by atoms with E-state index >= 15 is 0 Å². The molecule has 1 saturated carbocycles. The van der Waals surface area contributed by atoms with Crippen molar-refractivity contribution in [3.63, 3.8) is 0 Å². The maximum absolute atomic E-state index is 12.1. The fraction of sp³-hybridized carbons (Fsp3) is 0.571. The number of rotatable bonds is 8. The number of hydrogen-bond donors (Lipinski definition) is 2. The molecule has 1 atom stereocenters. The zero-order chi connectivity index (χ0) is 20.6. The summed E-state index contributed by atoms with van der Waals surface area (Å²) in [5.74, 6) is 1.40. The predicted octanol–water partition coefficient (Wildman–Crippen LogP) is 4.00. The highest BCUT2D eigenvalue weighted by Gasteiger charge is 2.22. The molecule has 2 heterocycles. The lowest BCUT2D eigenvalue weighted by atomic mass is 10.2. The maximum atomic E-state index is 12.1. The van der Waals surface area contributed by atoms with Gasteiger partial charge in [-0.1, -0.05) is 12.8 Å². The van der Waals surface area contributed by atoms with Crippen molar-refractivity contribution >= 4 is 23.3 Å². The Hall–Kier alpha value is -2.35. The summed E-state index contributed by atoms with van der Waals surface area (Å²) in [5, 5.41) is 7.86. The predicted molar refractivity (Wildman–Crippen MR) is 114 cm³/mol. The Balaban J connectivity index is 1.66. The van der Waals surface area contributed by atoms with Gasteiger partial charge in [-0.15, -0.1) is 11.3 Å². The van der Waals surface area contributed by atoms with Gasteiger partial charge in [0.25, 0.3) is 0 Å². The number of aliphatic imine (C=N–C) groups is 1. The van der Waals surface area contributed by atoms with Crippen LogP contribution in [0.2, 0.25) is 0 Å². The van der Waals surface area contributed by atoms with Gasteiger partial charge in [-0.3, -0.25) is 4.99 Å². The average Bonchev–Trinajstić information content (AvgIpc) is 3.44. The third-order valence-corrected chi connectivity index (χ3v) is 6.22. The van der Waals surface area contributed by atoms with E-state index in [0.717, 1.165) is 36.0 Å². The number of thiazole rings is 1. The van der Waals surface area contributed by atoms with Crippen LogP contribution in [0.5, 0.6) is 0 Å². The van der Waals surface area contributed by atoms with Crippen molar-refractivity contribution in [2.45, 2.75) is 65.0 Å². The van der Waals surface area contributed by atoms with E-state index in [1.165, 1.54) is 24.2 Å². The summed E-state index contributed by atoms with van der Waals surface area (Å²) in [6.07, 6.45) is 7.27. The first-order valence-electron chi connectivity index (χ1n) is 10.3. The molecule has 0 bridgehead atoms. The zero-order valence-electron chi connectivity index (χ0n) is 17.4. The summed E-state index contributed by atoms with van der Waals surface area (Å²) in [7, 11) is 0. The summed E-state index contributed by atoms with van der Waals surface area (Å²) < 4.78 is 10.5. The molecule has 2 N–H and O–H groups in total. The molecule has 0 spiro atoms. The van der Waals surface area contributed by atoms with Crippen molar-refractivity contribution in [3.8, 4) is 0 Å². The molecule has 0 radical (unpaired) electrons. The number of ether oxygens (including phenoxy) is 1. The number of nitrogens with one attached hydrogen (secondary N) is 2. The Morgan fingerprint density at radius 3 is 2.93 bits per heavy atom. The van der Waals surface area contributed by atoms with Gasteiger partial charge < -0.3 is 19.8 Å². The van der Waals surface area contributed by atoms with Gasteiger partial charge in [0.1, 0.15) is 15.6 Å². The highest BCUT2D eigenvalue weighted by molar-refractivity contribution is 7.13. The van der Waals surface area contributed by atoms with Crippen LogP contribution in [0.4, 0.5) is 0 Å². The lowest BCUT2D eigenvalue weighted by Crippen LogP contribution is -2.43. The summed E-state index contributed by atoms with van der Waals surface area (Å²) in [6.45, 7) is 6.67. The third-order valence-electron chi connectivity index (χ3n) is 4.90. The molecule has 0 aromatic carbocycles. The molecular weight excluding hydrogens is 388 g/mol. The van der Waals surface area contributed by atoms with Crippen molar-refractivity contribution in [3.05, 3.63) is 39.7 Å². The molecule has 2 aromatic heterocycles. The second-order valence-corrected chi connectivity index (χ2v) is 8.27. The first kappa shape index (κ1) is 21.4. The average molecular weight is 419 g/mol. The van der Waals surface area contributed by atoms with Crippen LogP contribution in [-0.4, -0.2) is 36.1 Å². The van der Waals surface area contributed by atoms with Gasteiger partial charge in [0.05, 0.1) is 24.6 Å². The minimum Gasteiger partial charge on any atom is -0.469 e. The first-order chi connectivity index (χ1) is 14.1. The number of nitrogens with zero attached hydrogens (tertiary/aromatic N) is 2. The molecule has 0 saturated heterocycles. The second-order valence-electron chi connectivity index (χ2n) is 7.24. The third kappa shape index (κ3) is 6.06. The zero-order valence-corrected chi connectivity index (χ0v) is 18.2. The number of guanidine groups is 1. The second kappa shape index (κ2) is 10.4. The van der Waals surface area contributed by atoms with E-state index in [9.17, 15) is 4.79 Å². The van der Waals surface area contributed by atoms with Crippen molar-refractivity contribution in [2.24, 2.45) is 4.99 Å². The van der Waals surface area contributed by atoms with Crippen LogP contribution in [0.15, 0.2) is 27.8 Å². The molecule has 2 aromatic rings. The Labute approximate surface area is 176 Å². The van der Waals surface area contributed by atoms with Gasteiger partial charge in [-0.2, -0.15) is 0 Å². The van der Waals surface area contributed by atoms with Crippen LogP contribution < -0.4 is 10.6 Å². The topological polar surface area (TPSA) is 88.8 Å². The van der Waals surface area contributed by atoms with Gasteiger partial charge in [-0.25, -0.2) is 9.78 Å². The van der Waals surface area contributed by atoms with E-state index in [1.807, 2.05) is 26.0 Å². The standard InChI is InChI=1S/C21H30N4O3S/c1-4-27-20(26)18-14(2)23-19(29-18)15(3)24-21(25-16-8-5-6-9-16)22-12-11-17-10-7-13-28-17/h7,10,13,15-16H,4-6,8-9,11-12H2,1-3H3,(H2,22,24,25). The van der Waals surface area contributed by atoms with Crippen LogP contribution in [-0.2, 0) is 11.2 Å². The molecular formula is C21H30N4O3S. The van der Waals surface area contributed by atoms with E-state index in [4.69, 9.17) is 14.1 Å². The Bertz CT molecular complexity index is 810. The van der Waals surface area contributed by atoms with Crippen molar-refractivity contribution < 1.29 is 13.9 Å². The molecule has 158 valence electrons.